The summed E-state index contributed by atoms with van der Waals surface area (Å²) in [5.41, 5.74) is 3.14. The molecule has 108 valence electrons. The average molecular weight is 312 g/mol. The Morgan fingerprint density at radius 3 is 2.60 bits per heavy atom. The van der Waals surface area contributed by atoms with E-state index in [1.165, 1.54) is 0 Å². The third-order valence-electron chi connectivity index (χ3n) is 3.30. The van der Waals surface area contributed by atoms with Crippen molar-refractivity contribution in [3.63, 3.8) is 0 Å². The maximum atomic E-state index is 6.34. The molecule has 0 saturated heterocycles. The Morgan fingerprint density at radius 2 is 2.00 bits per heavy atom. The minimum Gasteiger partial charge on any atom is -0.305 e. The molecule has 1 atom stereocenters. The molecule has 5 heteroatoms. The van der Waals surface area contributed by atoms with E-state index in [2.05, 4.69) is 30.3 Å². The van der Waals surface area contributed by atoms with E-state index >= 15 is 0 Å². The molecule has 3 nitrogen and oxygen atoms in total. The lowest BCUT2D eigenvalue weighted by molar-refractivity contribution is 0.571. The molecule has 1 N–H and O–H groups in total. The van der Waals surface area contributed by atoms with Crippen LogP contribution in [0.1, 0.15) is 36.8 Å². The van der Waals surface area contributed by atoms with Crippen molar-refractivity contribution in [2.24, 2.45) is 7.05 Å². The Hall–Kier alpha value is -1.03. The highest BCUT2D eigenvalue weighted by molar-refractivity contribution is 6.33. The quantitative estimate of drug-likeness (QED) is 0.905. The Bertz CT molecular complexity index is 593. The van der Waals surface area contributed by atoms with Gasteiger partial charge in [0.25, 0.3) is 0 Å². The zero-order valence-corrected chi connectivity index (χ0v) is 13.5. The van der Waals surface area contributed by atoms with E-state index in [0.29, 0.717) is 10.0 Å². The van der Waals surface area contributed by atoms with Crippen molar-refractivity contribution >= 4 is 23.2 Å². The van der Waals surface area contributed by atoms with Gasteiger partial charge in [0.05, 0.1) is 17.4 Å². The monoisotopic (exact) mass is 311 g/mol. The highest BCUT2D eigenvalue weighted by Crippen LogP contribution is 2.30. The molecule has 0 aliphatic heterocycles. The molecular formula is C15H19Cl2N3. The van der Waals surface area contributed by atoms with Gasteiger partial charge in [0, 0.05) is 17.1 Å². The van der Waals surface area contributed by atoms with Gasteiger partial charge in [-0.2, -0.15) is 5.10 Å². The smallest absolute Gasteiger partial charge is 0.0763 e. The number of nitrogens with one attached hydrogen (secondary N) is 1. The third-order valence-corrected chi connectivity index (χ3v) is 3.88. The molecular weight excluding hydrogens is 293 g/mol. The van der Waals surface area contributed by atoms with Gasteiger partial charge >= 0.3 is 0 Å². The zero-order chi connectivity index (χ0) is 14.7. The fourth-order valence-corrected chi connectivity index (χ4v) is 2.71. The van der Waals surface area contributed by atoms with Crippen molar-refractivity contribution in [2.45, 2.75) is 26.3 Å². The Morgan fingerprint density at radius 1 is 1.25 bits per heavy atom. The molecule has 2 rings (SSSR count). The largest absolute Gasteiger partial charge is 0.305 e. The normalized spacial score (nSPS) is 12.7. The van der Waals surface area contributed by atoms with Gasteiger partial charge in [0.15, 0.2) is 0 Å². The Labute approximate surface area is 129 Å². The molecule has 0 spiro atoms. The summed E-state index contributed by atoms with van der Waals surface area (Å²) in [6.07, 6.45) is 0.913. The zero-order valence-electron chi connectivity index (χ0n) is 12.0. The molecule has 0 aliphatic carbocycles. The second-order valence-electron chi connectivity index (χ2n) is 4.69. The van der Waals surface area contributed by atoms with Gasteiger partial charge in [-0.05, 0) is 42.8 Å². The summed E-state index contributed by atoms with van der Waals surface area (Å²) in [6, 6.07) is 7.65. The minimum atomic E-state index is -0.0102. The van der Waals surface area contributed by atoms with Crippen molar-refractivity contribution in [2.75, 3.05) is 6.54 Å². The van der Waals surface area contributed by atoms with E-state index in [1.54, 1.807) is 6.07 Å². The molecule has 1 unspecified atom stereocenters. The average Bonchev–Trinajstić information content (AvgIpc) is 2.80. The summed E-state index contributed by atoms with van der Waals surface area (Å²) < 4.78 is 1.91. The SMILES string of the molecule is CCNC(c1cc(Cl)ccc1Cl)c1cc(CC)nn1C. The molecule has 1 heterocycles. The number of halogens is 2. The summed E-state index contributed by atoms with van der Waals surface area (Å²) in [5.74, 6) is 0. The van der Waals surface area contributed by atoms with Crippen molar-refractivity contribution in [1.29, 1.82) is 0 Å². The van der Waals surface area contributed by atoms with Crippen LogP contribution in [0.3, 0.4) is 0 Å². The Balaban J connectivity index is 2.49. The standard InChI is InChI=1S/C15H19Cl2N3/c1-4-11-9-14(20(3)19-11)15(18-5-2)12-8-10(16)6-7-13(12)17/h6-9,15,18H,4-5H2,1-3H3. The first-order valence-corrected chi connectivity index (χ1v) is 7.53. The van der Waals surface area contributed by atoms with Gasteiger partial charge in [0.2, 0.25) is 0 Å². The first kappa shape index (κ1) is 15.4. The molecule has 0 bridgehead atoms. The van der Waals surface area contributed by atoms with Crippen LogP contribution >= 0.6 is 23.2 Å². The maximum Gasteiger partial charge on any atom is 0.0763 e. The van der Waals surface area contributed by atoms with Crippen LogP contribution in [0.25, 0.3) is 0 Å². The number of rotatable bonds is 5. The lowest BCUT2D eigenvalue weighted by Gasteiger charge is -2.20. The van der Waals surface area contributed by atoms with E-state index < -0.39 is 0 Å². The summed E-state index contributed by atoms with van der Waals surface area (Å²) >= 11 is 12.5. The second kappa shape index (κ2) is 6.61. The summed E-state index contributed by atoms with van der Waals surface area (Å²) in [6.45, 7) is 5.00. The van der Waals surface area contributed by atoms with Crippen LogP contribution < -0.4 is 5.32 Å². The summed E-state index contributed by atoms with van der Waals surface area (Å²) in [4.78, 5) is 0. The highest BCUT2D eigenvalue weighted by Gasteiger charge is 2.20. The molecule has 0 fully saturated rings. The maximum absolute atomic E-state index is 6.34. The van der Waals surface area contributed by atoms with Gasteiger partial charge in [-0.15, -0.1) is 0 Å². The number of benzene rings is 1. The lowest BCUT2D eigenvalue weighted by Crippen LogP contribution is -2.24. The second-order valence-corrected chi connectivity index (χ2v) is 5.54. The molecule has 0 radical (unpaired) electrons. The fraction of sp³-hybridized carbons (Fsp3) is 0.400. The fourth-order valence-electron chi connectivity index (χ4n) is 2.30. The van der Waals surface area contributed by atoms with Crippen LogP contribution in [0.4, 0.5) is 0 Å². The molecule has 1 aromatic carbocycles. The van der Waals surface area contributed by atoms with E-state index in [-0.39, 0.29) is 6.04 Å². The van der Waals surface area contributed by atoms with Gasteiger partial charge in [-0.25, -0.2) is 0 Å². The van der Waals surface area contributed by atoms with Gasteiger partial charge < -0.3 is 5.32 Å². The van der Waals surface area contributed by atoms with E-state index in [1.807, 2.05) is 23.9 Å². The van der Waals surface area contributed by atoms with Crippen molar-refractivity contribution in [3.8, 4) is 0 Å². The topological polar surface area (TPSA) is 29.9 Å². The minimum absolute atomic E-state index is 0.0102. The van der Waals surface area contributed by atoms with Crippen LogP contribution in [-0.2, 0) is 13.5 Å². The van der Waals surface area contributed by atoms with Crippen LogP contribution in [0, 0.1) is 0 Å². The Kier molecular flexibility index (Phi) is 5.08. The third kappa shape index (κ3) is 3.17. The van der Waals surface area contributed by atoms with Crippen LogP contribution in [-0.4, -0.2) is 16.3 Å². The number of hydrogen-bond donors (Lipinski definition) is 1. The first-order chi connectivity index (χ1) is 9.56. The van der Waals surface area contributed by atoms with E-state index in [9.17, 15) is 0 Å². The molecule has 1 aromatic heterocycles. The van der Waals surface area contributed by atoms with Crippen molar-refractivity contribution in [1.82, 2.24) is 15.1 Å². The number of nitrogens with zero attached hydrogens (tertiary/aromatic N) is 2. The summed E-state index contributed by atoms with van der Waals surface area (Å²) in [5, 5.41) is 9.36. The lowest BCUT2D eigenvalue weighted by atomic mass is 10.0. The number of aromatic nitrogens is 2. The number of aryl methyl sites for hydroxylation is 2. The van der Waals surface area contributed by atoms with Crippen LogP contribution in [0.5, 0.6) is 0 Å². The van der Waals surface area contributed by atoms with Crippen molar-refractivity contribution < 1.29 is 0 Å². The molecule has 0 saturated carbocycles. The predicted molar refractivity (Wildman–Crippen MR) is 84.6 cm³/mol. The first-order valence-electron chi connectivity index (χ1n) is 6.78. The van der Waals surface area contributed by atoms with Crippen molar-refractivity contribution in [3.05, 3.63) is 51.3 Å². The predicted octanol–water partition coefficient (Wildman–Crippen LogP) is 3.99. The number of hydrogen-bond acceptors (Lipinski definition) is 2. The van der Waals surface area contributed by atoms with Gasteiger partial charge in [0.1, 0.15) is 0 Å². The van der Waals surface area contributed by atoms with E-state index in [4.69, 9.17) is 23.2 Å². The van der Waals surface area contributed by atoms with Gasteiger partial charge in [-0.1, -0.05) is 37.0 Å². The van der Waals surface area contributed by atoms with Gasteiger partial charge in [-0.3, -0.25) is 4.68 Å². The van der Waals surface area contributed by atoms with Crippen LogP contribution in [0.15, 0.2) is 24.3 Å². The van der Waals surface area contributed by atoms with Crippen LogP contribution in [0.2, 0.25) is 10.0 Å². The van der Waals surface area contributed by atoms with E-state index in [0.717, 1.165) is 29.9 Å². The molecule has 2 aromatic rings. The highest BCUT2D eigenvalue weighted by atomic mass is 35.5. The molecule has 20 heavy (non-hydrogen) atoms. The molecule has 0 aliphatic rings. The molecule has 0 amide bonds. The summed E-state index contributed by atoms with van der Waals surface area (Å²) in [7, 11) is 1.96.